The van der Waals surface area contributed by atoms with E-state index in [0.717, 1.165) is 27.6 Å². The summed E-state index contributed by atoms with van der Waals surface area (Å²) < 4.78 is 5.38. The van der Waals surface area contributed by atoms with Crippen molar-refractivity contribution in [1.82, 2.24) is 5.43 Å². The van der Waals surface area contributed by atoms with Gasteiger partial charge in [-0.1, -0.05) is 42.0 Å². The molecular weight excluding hydrogens is 300 g/mol. The van der Waals surface area contributed by atoms with Crippen molar-refractivity contribution in [2.24, 2.45) is 5.10 Å². The van der Waals surface area contributed by atoms with E-state index < -0.39 is 0 Å². The number of methoxy groups -OCH3 is 1. The highest BCUT2D eigenvalue weighted by Gasteiger charge is 2.06. The third-order valence-corrected chi connectivity index (χ3v) is 3.79. The number of fused-ring (bicyclic) bond motifs is 1. The molecule has 0 saturated heterocycles. The molecule has 0 aliphatic carbocycles. The number of ether oxygens (including phenoxy) is 1. The Kier molecular flexibility index (Phi) is 4.57. The molecule has 0 bridgehead atoms. The van der Waals surface area contributed by atoms with E-state index in [4.69, 9.17) is 4.74 Å². The molecule has 0 aliphatic heterocycles. The first-order valence-electron chi connectivity index (χ1n) is 7.65. The summed E-state index contributed by atoms with van der Waals surface area (Å²) in [6, 6.07) is 19.1. The number of aryl methyl sites for hydroxylation is 1. The summed E-state index contributed by atoms with van der Waals surface area (Å²) in [4.78, 5) is 12.1. The second-order valence-electron chi connectivity index (χ2n) is 5.47. The minimum Gasteiger partial charge on any atom is -0.496 e. The van der Waals surface area contributed by atoms with Crippen LogP contribution in [0.3, 0.4) is 0 Å². The quantitative estimate of drug-likeness (QED) is 0.585. The number of carbonyl (C=O) groups excluding carboxylic acids is 1. The van der Waals surface area contributed by atoms with Gasteiger partial charge in [0.15, 0.2) is 0 Å². The van der Waals surface area contributed by atoms with Gasteiger partial charge in [0.25, 0.3) is 5.91 Å². The van der Waals surface area contributed by atoms with Crippen LogP contribution in [-0.2, 0) is 0 Å². The molecule has 1 N–H and O–H groups in total. The van der Waals surface area contributed by atoms with Crippen LogP contribution in [0.5, 0.6) is 5.75 Å². The SMILES string of the molecule is COc1ccc(/C=N/NC(=O)c2cccc(C)c2)c2ccccc12. The molecule has 3 rings (SSSR count). The van der Waals surface area contributed by atoms with E-state index in [-0.39, 0.29) is 5.91 Å². The molecule has 0 spiro atoms. The monoisotopic (exact) mass is 318 g/mol. The molecule has 4 heteroatoms. The molecule has 3 aromatic carbocycles. The number of benzene rings is 3. The lowest BCUT2D eigenvalue weighted by Crippen LogP contribution is -2.17. The Morgan fingerprint density at radius 2 is 1.83 bits per heavy atom. The molecule has 0 heterocycles. The van der Waals surface area contributed by atoms with E-state index in [1.54, 1.807) is 19.4 Å². The predicted octanol–water partition coefficient (Wildman–Crippen LogP) is 3.92. The standard InChI is InChI=1S/C20H18N2O2/c1-14-6-5-7-15(12-14)20(23)22-21-13-16-10-11-19(24-2)18-9-4-3-8-17(16)18/h3-13H,1-2H3,(H,22,23)/b21-13+. The minimum absolute atomic E-state index is 0.229. The fourth-order valence-corrected chi connectivity index (χ4v) is 2.60. The third-order valence-electron chi connectivity index (χ3n) is 3.79. The molecule has 0 atom stereocenters. The predicted molar refractivity (Wildman–Crippen MR) is 96.7 cm³/mol. The van der Waals surface area contributed by atoms with Gasteiger partial charge in [-0.25, -0.2) is 5.43 Å². The Morgan fingerprint density at radius 3 is 2.58 bits per heavy atom. The summed E-state index contributed by atoms with van der Waals surface area (Å²) in [6.45, 7) is 1.95. The first-order chi connectivity index (χ1) is 11.7. The van der Waals surface area contributed by atoms with Crippen molar-refractivity contribution in [3.05, 3.63) is 77.4 Å². The lowest BCUT2D eigenvalue weighted by molar-refractivity contribution is 0.0955. The molecule has 0 aliphatic rings. The van der Waals surface area contributed by atoms with E-state index in [1.807, 2.05) is 61.5 Å². The van der Waals surface area contributed by atoms with Crippen LogP contribution in [0, 0.1) is 6.92 Å². The van der Waals surface area contributed by atoms with E-state index in [9.17, 15) is 4.79 Å². The summed E-state index contributed by atoms with van der Waals surface area (Å²) in [5, 5.41) is 6.12. The van der Waals surface area contributed by atoms with Gasteiger partial charge in [0, 0.05) is 16.5 Å². The summed E-state index contributed by atoms with van der Waals surface area (Å²) in [5.41, 5.74) is 5.10. The smallest absolute Gasteiger partial charge is 0.271 e. The maximum Gasteiger partial charge on any atom is 0.271 e. The van der Waals surface area contributed by atoms with E-state index in [2.05, 4.69) is 10.5 Å². The van der Waals surface area contributed by atoms with Crippen molar-refractivity contribution in [3.8, 4) is 5.75 Å². The average Bonchev–Trinajstić information content (AvgIpc) is 2.61. The fraction of sp³-hybridized carbons (Fsp3) is 0.100. The lowest BCUT2D eigenvalue weighted by atomic mass is 10.0. The van der Waals surface area contributed by atoms with Crippen LogP contribution in [0.2, 0.25) is 0 Å². The van der Waals surface area contributed by atoms with Crippen LogP contribution in [0.25, 0.3) is 10.8 Å². The number of nitrogens with one attached hydrogen (secondary N) is 1. The molecule has 1 amide bonds. The molecular formula is C20H18N2O2. The molecule has 0 unspecified atom stereocenters. The molecule has 0 radical (unpaired) electrons. The number of hydrazone groups is 1. The average molecular weight is 318 g/mol. The maximum atomic E-state index is 12.1. The van der Waals surface area contributed by atoms with Crippen molar-refractivity contribution < 1.29 is 9.53 Å². The minimum atomic E-state index is -0.229. The Hall–Kier alpha value is -3.14. The molecule has 0 aromatic heterocycles. The molecule has 4 nitrogen and oxygen atoms in total. The van der Waals surface area contributed by atoms with Crippen LogP contribution in [-0.4, -0.2) is 19.2 Å². The summed E-state index contributed by atoms with van der Waals surface area (Å²) in [7, 11) is 1.65. The normalized spacial score (nSPS) is 10.9. The van der Waals surface area contributed by atoms with E-state index >= 15 is 0 Å². The summed E-state index contributed by atoms with van der Waals surface area (Å²) >= 11 is 0. The first kappa shape index (κ1) is 15.7. The van der Waals surface area contributed by atoms with Gasteiger partial charge in [-0.3, -0.25) is 4.79 Å². The summed E-state index contributed by atoms with van der Waals surface area (Å²) in [5.74, 6) is 0.583. The molecule has 0 saturated carbocycles. The van der Waals surface area contributed by atoms with Gasteiger partial charge in [0.1, 0.15) is 5.75 Å². The molecule has 24 heavy (non-hydrogen) atoms. The Morgan fingerprint density at radius 1 is 1.04 bits per heavy atom. The van der Waals surface area contributed by atoms with Crippen molar-refractivity contribution in [2.45, 2.75) is 6.92 Å². The highest BCUT2D eigenvalue weighted by Crippen LogP contribution is 2.27. The number of hydrogen-bond donors (Lipinski definition) is 1. The van der Waals surface area contributed by atoms with Crippen LogP contribution < -0.4 is 10.2 Å². The second kappa shape index (κ2) is 6.96. The van der Waals surface area contributed by atoms with E-state index in [0.29, 0.717) is 5.56 Å². The van der Waals surface area contributed by atoms with Gasteiger partial charge in [-0.15, -0.1) is 0 Å². The Labute approximate surface area is 140 Å². The lowest BCUT2D eigenvalue weighted by Gasteiger charge is -2.07. The highest BCUT2D eigenvalue weighted by atomic mass is 16.5. The fourth-order valence-electron chi connectivity index (χ4n) is 2.60. The van der Waals surface area contributed by atoms with Crippen molar-refractivity contribution >= 4 is 22.9 Å². The van der Waals surface area contributed by atoms with Gasteiger partial charge < -0.3 is 4.74 Å². The molecule has 0 fully saturated rings. The zero-order valence-electron chi connectivity index (χ0n) is 13.6. The van der Waals surface area contributed by atoms with Crippen molar-refractivity contribution in [2.75, 3.05) is 7.11 Å². The van der Waals surface area contributed by atoms with Crippen LogP contribution in [0.1, 0.15) is 21.5 Å². The maximum absolute atomic E-state index is 12.1. The number of carbonyl (C=O) groups is 1. The van der Waals surface area contributed by atoms with Gasteiger partial charge in [-0.2, -0.15) is 5.10 Å². The van der Waals surface area contributed by atoms with E-state index in [1.165, 1.54) is 0 Å². The second-order valence-corrected chi connectivity index (χ2v) is 5.47. The van der Waals surface area contributed by atoms with Gasteiger partial charge in [-0.05, 0) is 36.6 Å². The van der Waals surface area contributed by atoms with Crippen LogP contribution in [0.15, 0.2) is 65.8 Å². The van der Waals surface area contributed by atoms with Crippen molar-refractivity contribution in [1.29, 1.82) is 0 Å². The largest absolute Gasteiger partial charge is 0.496 e. The number of amides is 1. The van der Waals surface area contributed by atoms with Crippen LogP contribution >= 0.6 is 0 Å². The zero-order valence-corrected chi connectivity index (χ0v) is 13.6. The number of rotatable bonds is 4. The third kappa shape index (κ3) is 3.27. The Bertz CT molecular complexity index is 916. The number of nitrogens with zero attached hydrogens (tertiary/aromatic N) is 1. The van der Waals surface area contributed by atoms with Gasteiger partial charge in [0.2, 0.25) is 0 Å². The van der Waals surface area contributed by atoms with Gasteiger partial charge >= 0.3 is 0 Å². The molecule has 3 aromatic rings. The first-order valence-corrected chi connectivity index (χ1v) is 7.65. The van der Waals surface area contributed by atoms with Crippen molar-refractivity contribution in [3.63, 3.8) is 0 Å². The number of hydrogen-bond acceptors (Lipinski definition) is 3. The summed E-state index contributed by atoms with van der Waals surface area (Å²) in [6.07, 6.45) is 1.65. The highest BCUT2D eigenvalue weighted by molar-refractivity contribution is 6.03. The topological polar surface area (TPSA) is 50.7 Å². The van der Waals surface area contributed by atoms with Gasteiger partial charge in [0.05, 0.1) is 13.3 Å². The van der Waals surface area contributed by atoms with Crippen LogP contribution in [0.4, 0.5) is 0 Å². The Balaban J connectivity index is 1.82. The zero-order chi connectivity index (χ0) is 16.9. The molecule has 120 valence electrons.